The number of fused-ring (bicyclic) bond motifs is 1. The van der Waals surface area contributed by atoms with E-state index in [4.69, 9.17) is 10.5 Å². The van der Waals surface area contributed by atoms with E-state index in [1.807, 2.05) is 43.3 Å². The first kappa shape index (κ1) is 15.1. The fourth-order valence-corrected chi connectivity index (χ4v) is 2.30. The van der Waals surface area contributed by atoms with Gasteiger partial charge in [0.2, 0.25) is 5.95 Å². The fourth-order valence-electron chi connectivity index (χ4n) is 2.30. The number of ether oxygens (including phenoxy) is 1. The van der Waals surface area contributed by atoms with Crippen LogP contribution in [0, 0.1) is 0 Å². The molecule has 0 radical (unpaired) electrons. The van der Waals surface area contributed by atoms with Crippen molar-refractivity contribution in [3.63, 3.8) is 0 Å². The highest BCUT2D eigenvalue weighted by molar-refractivity contribution is 5.85. The van der Waals surface area contributed by atoms with Crippen molar-refractivity contribution < 1.29 is 4.74 Å². The van der Waals surface area contributed by atoms with Crippen molar-refractivity contribution in [2.45, 2.75) is 6.61 Å². The molecule has 0 saturated heterocycles. The van der Waals surface area contributed by atoms with Crippen LogP contribution in [0.2, 0.25) is 0 Å². The largest absolute Gasteiger partial charge is 0.380 e. The highest BCUT2D eigenvalue weighted by Gasteiger charge is 2.12. The van der Waals surface area contributed by atoms with Crippen molar-refractivity contribution in [2.75, 3.05) is 31.8 Å². The van der Waals surface area contributed by atoms with E-state index < -0.39 is 0 Å². The average Bonchev–Trinajstić information content (AvgIpc) is 2.54. The molecule has 0 amide bonds. The molecule has 0 fully saturated rings. The second-order valence-corrected chi connectivity index (χ2v) is 5.36. The molecule has 0 aliphatic rings. The van der Waals surface area contributed by atoms with E-state index in [9.17, 15) is 0 Å². The normalized spacial score (nSPS) is 10.9. The molecular weight excluding hydrogens is 292 g/mol. The van der Waals surface area contributed by atoms with Gasteiger partial charge in [-0.15, -0.1) is 0 Å². The summed E-state index contributed by atoms with van der Waals surface area (Å²) in [4.78, 5) is 19.3. The molecule has 2 heterocycles. The third-order valence-corrected chi connectivity index (χ3v) is 3.39. The van der Waals surface area contributed by atoms with Gasteiger partial charge in [0.15, 0.2) is 17.0 Å². The summed E-state index contributed by atoms with van der Waals surface area (Å²) in [6, 6.07) is 8.02. The monoisotopic (exact) mass is 310 g/mol. The Morgan fingerprint density at radius 3 is 2.48 bits per heavy atom. The predicted octanol–water partition coefficient (Wildman–Crippen LogP) is 1.88. The van der Waals surface area contributed by atoms with Crippen molar-refractivity contribution in [3.8, 4) is 11.3 Å². The van der Waals surface area contributed by atoms with Gasteiger partial charge in [0.05, 0.1) is 18.5 Å². The number of nitrogens with zero attached hydrogens (tertiary/aromatic N) is 5. The number of nitrogens with two attached hydrogens (primary N) is 1. The maximum Gasteiger partial charge on any atom is 0.224 e. The zero-order valence-electron chi connectivity index (χ0n) is 13.3. The van der Waals surface area contributed by atoms with Crippen LogP contribution in [0.4, 0.5) is 11.8 Å². The Balaban J connectivity index is 2.08. The van der Waals surface area contributed by atoms with E-state index >= 15 is 0 Å². The van der Waals surface area contributed by atoms with Crippen LogP contribution in [0.1, 0.15) is 5.56 Å². The van der Waals surface area contributed by atoms with Crippen LogP contribution >= 0.6 is 0 Å². The van der Waals surface area contributed by atoms with Crippen LogP contribution in [0.15, 0.2) is 30.5 Å². The lowest BCUT2D eigenvalue weighted by Crippen LogP contribution is -2.14. The number of hydrogen-bond donors (Lipinski definition) is 1. The summed E-state index contributed by atoms with van der Waals surface area (Å²) in [5, 5.41) is 0. The first-order valence-corrected chi connectivity index (χ1v) is 7.14. The van der Waals surface area contributed by atoms with E-state index in [1.165, 1.54) is 0 Å². The van der Waals surface area contributed by atoms with Gasteiger partial charge < -0.3 is 15.4 Å². The molecule has 2 aromatic heterocycles. The highest BCUT2D eigenvalue weighted by atomic mass is 16.5. The molecule has 2 N–H and O–H groups in total. The summed E-state index contributed by atoms with van der Waals surface area (Å²) < 4.78 is 5.12. The number of benzene rings is 1. The molecule has 3 aromatic rings. The summed E-state index contributed by atoms with van der Waals surface area (Å²) in [5.41, 5.74) is 9.68. The maximum absolute atomic E-state index is 5.73. The van der Waals surface area contributed by atoms with Crippen LogP contribution in [-0.2, 0) is 11.3 Å². The molecule has 3 rings (SSSR count). The van der Waals surface area contributed by atoms with E-state index in [0.717, 1.165) is 16.8 Å². The van der Waals surface area contributed by atoms with Gasteiger partial charge in [-0.05, 0) is 5.56 Å². The van der Waals surface area contributed by atoms with Gasteiger partial charge in [0.25, 0.3) is 0 Å². The number of anilines is 2. The average molecular weight is 310 g/mol. The van der Waals surface area contributed by atoms with Crippen molar-refractivity contribution in [1.82, 2.24) is 19.9 Å². The second kappa shape index (κ2) is 6.13. The molecule has 0 aliphatic carbocycles. The van der Waals surface area contributed by atoms with Gasteiger partial charge in [-0.2, -0.15) is 9.97 Å². The van der Waals surface area contributed by atoms with Gasteiger partial charge in [-0.3, -0.25) is 0 Å². The zero-order valence-corrected chi connectivity index (χ0v) is 13.3. The molecule has 7 heteroatoms. The van der Waals surface area contributed by atoms with Crippen LogP contribution in [-0.4, -0.2) is 41.1 Å². The fraction of sp³-hybridized carbons (Fsp3) is 0.250. The standard InChI is InChI=1S/C16H18N6O/c1-22(2)15-13-14(20-16(17)21-15)18-8-12(19-13)11-6-4-10(5-7-11)9-23-3/h4-8H,9H2,1-3H3,(H2,17,18,20,21). The molecule has 118 valence electrons. The Bertz CT molecular complexity index is 832. The summed E-state index contributed by atoms with van der Waals surface area (Å²) >= 11 is 0. The van der Waals surface area contributed by atoms with E-state index in [1.54, 1.807) is 13.3 Å². The second-order valence-electron chi connectivity index (χ2n) is 5.36. The molecule has 0 unspecified atom stereocenters. The third kappa shape index (κ3) is 3.04. The van der Waals surface area contributed by atoms with Crippen LogP contribution in [0.5, 0.6) is 0 Å². The smallest absolute Gasteiger partial charge is 0.224 e. The van der Waals surface area contributed by atoms with Crippen molar-refractivity contribution in [2.24, 2.45) is 0 Å². The zero-order chi connectivity index (χ0) is 16.4. The molecule has 0 spiro atoms. The lowest BCUT2D eigenvalue weighted by atomic mass is 10.1. The lowest BCUT2D eigenvalue weighted by Gasteiger charge is -2.13. The number of nitrogen functional groups attached to an aromatic ring is 1. The van der Waals surface area contributed by atoms with Crippen molar-refractivity contribution >= 4 is 22.9 Å². The summed E-state index contributed by atoms with van der Waals surface area (Å²) in [7, 11) is 5.45. The van der Waals surface area contributed by atoms with Crippen LogP contribution < -0.4 is 10.6 Å². The highest BCUT2D eigenvalue weighted by Crippen LogP contribution is 2.24. The Morgan fingerprint density at radius 2 is 1.83 bits per heavy atom. The van der Waals surface area contributed by atoms with Crippen molar-refractivity contribution in [3.05, 3.63) is 36.0 Å². The van der Waals surface area contributed by atoms with Crippen LogP contribution in [0.25, 0.3) is 22.4 Å². The van der Waals surface area contributed by atoms with Crippen molar-refractivity contribution in [1.29, 1.82) is 0 Å². The van der Waals surface area contributed by atoms with Gasteiger partial charge in [0, 0.05) is 26.8 Å². The summed E-state index contributed by atoms with van der Waals surface area (Å²) in [6.45, 7) is 0.585. The van der Waals surface area contributed by atoms with E-state index in [-0.39, 0.29) is 5.95 Å². The van der Waals surface area contributed by atoms with E-state index in [2.05, 4.69) is 19.9 Å². The Hall–Kier alpha value is -2.80. The van der Waals surface area contributed by atoms with E-state index in [0.29, 0.717) is 23.6 Å². The number of rotatable bonds is 4. The number of hydrogen-bond acceptors (Lipinski definition) is 7. The Labute approximate surface area is 134 Å². The SMILES string of the molecule is COCc1ccc(-c2cnc3nc(N)nc(N(C)C)c3n2)cc1. The number of aromatic nitrogens is 4. The lowest BCUT2D eigenvalue weighted by molar-refractivity contribution is 0.185. The minimum absolute atomic E-state index is 0.187. The Morgan fingerprint density at radius 1 is 1.09 bits per heavy atom. The van der Waals surface area contributed by atoms with Gasteiger partial charge >= 0.3 is 0 Å². The summed E-state index contributed by atoms with van der Waals surface area (Å²) in [6.07, 6.45) is 1.69. The minimum atomic E-state index is 0.187. The van der Waals surface area contributed by atoms with Gasteiger partial charge in [0.1, 0.15) is 0 Å². The van der Waals surface area contributed by atoms with Crippen LogP contribution in [0.3, 0.4) is 0 Å². The van der Waals surface area contributed by atoms with Gasteiger partial charge in [-0.25, -0.2) is 9.97 Å². The summed E-state index contributed by atoms with van der Waals surface area (Å²) in [5.74, 6) is 0.838. The molecule has 7 nitrogen and oxygen atoms in total. The first-order chi connectivity index (χ1) is 11.1. The Kier molecular flexibility index (Phi) is 4.03. The molecule has 0 aliphatic heterocycles. The first-order valence-electron chi connectivity index (χ1n) is 7.14. The molecular formula is C16H18N6O. The third-order valence-electron chi connectivity index (χ3n) is 3.39. The predicted molar refractivity (Wildman–Crippen MR) is 90.0 cm³/mol. The minimum Gasteiger partial charge on any atom is -0.380 e. The molecule has 1 aromatic carbocycles. The maximum atomic E-state index is 5.73. The molecule has 0 atom stereocenters. The molecule has 0 saturated carbocycles. The number of methoxy groups -OCH3 is 1. The quantitative estimate of drug-likeness (QED) is 0.786. The van der Waals surface area contributed by atoms with Gasteiger partial charge in [-0.1, -0.05) is 24.3 Å². The topological polar surface area (TPSA) is 90.0 Å². The molecule has 0 bridgehead atoms. The molecule has 23 heavy (non-hydrogen) atoms.